The molecule has 3 rings (SSSR count). The van der Waals surface area contributed by atoms with Crippen LogP contribution in [0.3, 0.4) is 0 Å². The van der Waals surface area contributed by atoms with Gasteiger partial charge in [0, 0.05) is 10.6 Å². The van der Waals surface area contributed by atoms with E-state index in [0.717, 1.165) is 11.1 Å². The van der Waals surface area contributed by atoms with Crippen LogP contribution in [0, 0.1) is 0 Å². The first-order valence-electron chi connectivity index (χ1n) is 7.66. The Kier molecular flexibility index (Phi) is 4.96. The summed E-state index contributed by atoms with van der Waals surface area (Å²) in [6.07, 6.45) is 1.70. The molecule has 4 nitrogen and oxygen atoms in total. The topological polar surface area (TPSA) is 55.1 Å². The zero-order valence-electron chi connectivity index (χ0n) is 13.2. The summed E-state index contributed by atoms with van der Waals surface area (Å²) >= 11 is 5.88. The van der Waals surface area contributed by atoms with E-state index in [9.17, 15) is 4.79 Å². The van der Waals surface area contributed by atoms with Crippen molar-refractivity contribution in [2.24, 2.45) is 0 Å². The Balaban J connectivity index is 1.61. The number of hydrogen-bond acceptors (Lipinski definition) is 3. The average molecular weight is 341 g/mol. The number of carbonyl (C=O) groups excluding carboxylic acids is 1. The Morgan fingerprint density at radius 1 is 1.17 bits per heavy atom. The molecule has 2 aromatic carbocycles. The van der Waals surface area contributed by atoms with Gasteiger partial charge >= 0.3 is 0 Å². The van der Waals surface area contributed by atoms with E-state index in [2.05, 4.69) is 10.3 Å². The van der Waals surface area contributed by atoms with Gasteiger partial charge in [-0.25, -0.2) is 4.98 Å². The van der Waals surface area contributed by atoms with Gasteiger partial charge in [-0.2, -0.15) is 0 Å². The number of halogens is 1. The van der Waals surface area contributed by atoms with Crippen LogP contribution >= 0.6 is 11.6 Å². The lowest BCUT2D eigenvalue weighted by atomic mass is 10.1. The van der Waals surface area contributed by atoms with E-state index in [1.54, 1.807) is 0 Å². The van der Waals surface area contributed by atoms with Crippen molar-refractivity contribution in [2.45, 2.75) is 19.4 Å². The van der Waals surface area contributed by atoms with Crippen molar-refractivity contribution in [3.63, 3.8) is 0 Å². The summed E-state index contributed by atoms with van der Waals surface area (Å²) in [5, 5.41) is 3.62. The minimum atomic E-state index is -0.106. The zero-order valence-corrected chi connectivity index (χ0v) is 14.0. The van der Waals surface area contributed by atoms with Crippen LogP contribution in [0.2, 0.25) is 5.02 Å². The Labute approximate surface area is 145 Å². The van der Waals surface area contributed by atoms with E-state index < -0.39 is 0 Å². The number of aromatic nitrogens is 1. The lowest BCUT2D eigenvalue weighted by molar-refractivity contribution is -0.121. The molecule has 1 unspecified atom stereocenters. The van der Waals surface area contributed by atoms with Gasteiger partial charge in [0.2, 0.25) is 11.8 Å². The molecule has 0 saturated heterocycles. The Bertz CT molecular complexity index is 813. The highest BCUT2D eigenvalue weighted by Gasteiger charge is 2.13. The second kappa shape index (κ2) is 7.32. The second-order valence-electron chi connectivity index (χ2n) is 5.53. The van der Waals surface area contributed by atoms with Gasteiger partial charge in [-0.15, -0.1) is 0 Å². The van der Waals surface area contributed by atoms with E-state index >= 15 is 0 Å². The van der Waals surface area contributed by atoms with Gasteiger partial charge in [0.05, 0.1) is 18.2 Å². The molecular weight excluding hydrogens is 324 g/mol. The minimum Gasteiger partial charge on any atom is -0.444 e. The third-order valence-electron chi connectivity index (χ3n) is 3.66. The predicted octanol–water partition coefficient (Wildman–Crippen LogP) is 4.41. The maximum absolute atomic E-state index is 12.2. The lowest BCUT2D eigenvalue weighted by Gasteiger charge is -2.13. The van der Waals surface area contributed by atoms with Crippen LogP contribution < -0.4 is 5.32 Å². The molecule has 0 aliphatic carbocycles. The summed E-state index contributed by atoms with van der Waals surface area (Å²) in [5.74, 6) is 0.412. The normalized spacial score (nSPS) is 11.9. The summed E-state index contributed by atoms with van der Waals surface area (Å²) in [6, 6.07) is 16.9. The van der Waals surface area contributed by atoms with Crippen molar-refractivity contribution >= 4 is 17.5 Å². The van der Waals surface area contributed by atoms with Gasteiger partial charge < -0.3 is 9.73 Å². The third-order valence-corrected chi connectivity index (χ3v) is 3.91. The molecule has 5 heteroatoms. The summed E-state index contributed by atoms with van der Waals surface area (Å²) in [5.41, 5.74) is 2.49. The minimum absolute atomic E-state index is 0.102. The maximum atomic E-state index is 12.2. The first-order chi connectivity index (χ1) is 11.6. The molecule has 1 atom stereocenters. The van der Waals surface area contributed by atoms with Crippen molar-refractivity contribution in [3.05, 3.63) is 77.1 Å². The molecule has 1 aromatic heterocycles. The molecule has 0 bridgehead atoms. The average Bonchev–Trinajstić information content (AvgIpc) is 3.04. The van der Waals surface area contributed by atoms with Crippen molar-refractivity contribution < 1.29 is 9.21 Å². The molecule has 0 radical (unpaired) electrons. The van der Waals surface area contributed by atoms with Gasteiger partial charge in [0.25, 0.3) is 0 Å². The molecule has 0 aliphatic heterocycles. The summed E-state index contributed by atoms with van der Waals surface area (Å²) < 4.78 is 5.45. The zero-order chi connectivity index (χ0) is 16.9. The highest BCUT2D eigenvalue weighted by molar-refractivity contribution is 6.30. The first-order valence-corrected chi connectivity index (χ1v) is 8.04. The quantitative estimate of drug-likeness (QED) is 0.748. The van der Waals surface area contributed by atoms with Crippen LogP contribution in [-0.2, 0) is 11.2 Å². The highest BCUT2D eigenvalue weighted by atomic mass is 35.5. The van der Waals surface area contributed by atoms with Gasteiger partial charge in [-0.1, -0.05) is 41.9 Å². The van der Waals surface area contributed by atoms with Gasteiger partial charge in [0.15, 0.2) is 0 Å². The molecular formula is C19H17ClN2O2. The monoisotopic (exact) mass is 340 g/mol. The number of benzene rings is 2. The Morgan fingerprint density at radius 2 is 1.88 bits per heavy atom. The van der Waals surface area contributed by atoms with Gasteiger partial charge in [-0.05, 0) is 36.8 Å². The Hall–Kier alpha value is -2.59. The van der Waals surface area contributed by atoms with Crippen molar-refractivity contribution in [1.29, 1.82) is 0 Å². The van der Waals surface area contributed by atoms with Gasteiger partial charge in [-0.3, -0.25) is 4.79 Å². The summed E-state index contributed by atoms with van der Waals surface area (Å²) in [4.78, 5) is 16.6. The second-order valence-corrected chi connectivity index (χ2v) is 5.96. The number of oxazole rings is 1. The largest absolute Gasteiger partial charge is 0.444 e. The molecule has 1 N–H and O–H groups in total. The van der Waals surface area contributed by atoms with Crippen LogP contribution in [-0.4, -0.2) is 10.9 Å². The number of rotatable bonds is 5. The molecule has 0 fully saturated rings. The van der Waals surface area contributed by atoms with Crippen molar-refractivity contribution in [1.82, 2.24) is 10.3 Å². The lowest BCUT2D eigenvalue weighted by Crippen LogP contribution is -2.28. The summed E-state index contributed by atoms with van der Waals surface area (Å²) in [6.45, 7) is 1.93. The summed E-state index contributed by atoms with van der Waals surface area (Å²) in [7, 11) is 0. The number of carbonyl (C=O) groups is 1. The molecule has 0 saturated carbocycles. The SMILES string of the molecule is CC(NC(=O)Cc1coc(-c2ccccc2)n1)c1ccc(Cl)cc1. The van der Waals surface area contributed by atoms with Crippen molar-refractivity contribution in [3.8, 4) is 11.5 Å². The van der Waals surface area contributed by atoms with E-state index in [1.165, 1.54) is 6.26 Å². The fraction of sp³-hybridized carbons (Fsp3) is 0.158. The van der Waals surface area contributed by atoms with E-state index in [0.29, 0.717) is 16.6 Å². The molecule has 24 heavy (non-hydrogen) atoms. The van der Waals surface area contributed by atoms with Crippen LogP contribution in [0.4, 0.5) is 0 Å². The predicted molar refractivity (Wildman–Crippen MR) is 93.7 cm³/mol. The van der Waals surface area contributed by atoms with Crippen LogP contribution in [0.25, 0.3) is 11.5 Å². The molecule has 3 aromatic rings. The number of hydrogen-bond donors (Lipinski definition) is 1. The fourth-order valence-electron chi connectivity index (χ4n) is 2.39. The van der Waals surface area contributed by atoms with Crippen molar-refractivity contribution in [2.75, 3.05) is 0 Å². The third kappa shape index (κ3) is 4.03. The first kappa shape index (κ1) is 16.3. The smallest absolute Gasteiger partial charge is 0.226 e. The molecule has 0 aliphatic rings. The number of amides is 1. The van der Waals surface area contributed by atoms with Gasteiger partial charge in [0.1, 0.15) is 6.26 Å². The van der Waals surface area contributed by atoms with Crippen LogP contribution in [0.5, 0.6) is 0 Å². The van der Waals surface area contributed by atoms with E-state index in [1.807, 2.05) is 61.5 Å². The molecule has 1 amide bonds. The Morgan fingerprint density at radius 3 is 2.58 bits per heavy atom. The van der Waals surface area contributed by atoms with Crippen LogP contribution in [0.15, 0.2) is 65.3 Å². The highest BCUT2D eigenvalue weighted by Crippen LogP contribution is 2.19. The van der Waals surface area contributed by atoms with E-state index in [-0.39, 0.29) is 18.4 Å². The molecule has 122 valence electrons. The molecule has 1 heterocycles. The fourth-order valence-corrected chi connectivity index (χ4v) is 2.52. The maximum Gasteiger partial charge on any atom is 0.226 e. The number of nitrogens with one attached hydrogen (secondary N) is 1. The van der Waals surface area contributed by atoms with Crippen LogP contribution in [0.1, 0.15) is 24.2 Å². The molecule has 0 spiro atoms. The number of nitrogens with zero attached hydrogens (tertiary/aromatic N) is 1. The standard InChI is InChI=1S/C19H17ClN2O2/c1-13(14-7-9-16(20)10-8-14)21-18(23)11-17-12-24-19(22-17)15-5-3-2-4-6-15/h2-10,12-13H,11H2,1H3,(H,21,23). The van der Waals surface area contributed by atoms with E-state index in [4.69, 9.17) is 16.0 Å².